The Hall–Kier alpha value is -2.41. The molecule has 7 nitrogen and oxygen atoms in total. The predicted molar refractivity (Wildman–Crippen MR) is 69.8 cm³/mol. The fourth-order valence-electron chi connectivity index (χ4n) is 1.86. The summed E-state index contributed by atoms with van der Waals surface area (Å²) in [7, 11) is 0. The van der Waals surface area contributed by atoms with Gasteiger partial charge in [-0.15, -0.1) is 0 Å². The van der Waals surface area contributed by atoms with Gasteiger partial charge in [0.25, 0.3) is 0 Å². The summed E-state index contributed by atoms with van der Waals surface area (Å²) in [6.45, 7) is 1.81. The maximum atomic E-state index is 11.7. The van der Waals surface area contributed by atoms with Crippen LogP contribution in [0.1, 0.15) is 18.7 Å². The second kappa shape index (κ2) is 6.16. The van der Waals surface area contributed by atoms with Crippen molar-refractivity contribution in [2.24, 2.45) is 0 Å². The molecule has 2 unspecified atom stereocenters. The molecule has 0 radical (unpaired) electrons. The van der Waals surface area contributed by atoms with Crippen LogP contribution in [-0.2, 0) is 14.3 Å². The van der Waals surface area contributed by atoms with Gasteiger partial charge < -0.3 is 19.6 Å². The topological polar surface area (TPSA) is 92.9 Å². The standard InChI is InChI=1S/C13H15N3O4/c1-2-20-13(19)11(14-8-17)12(18)9-7-16-6-4-3-5-10(16)15-9/h3-8,11-12,18H,2H2,1H3,(H,14,17). The lowest BCUT2D eigenvalue weighted by molar-refractivity contribution is -0.150. The van der Waals surface area contributed by atoms with Crippen molar-refractivity contribution in [3.8, 4) is 0 Å². The molecule has 20 heavy (non-hydrogen) atoms. The normalized spacial score (nSPS) is 13.7. The maximum absolute atomic E-state index is 11.7. The molecule has 2 aromatic rings. The van der Waals surface area contributed by atoms with E-state index in [4.69, 9.17) is 4.74 Å². The summed E-state index contributed by atoms with van der Waals surface area (Å²) < 4.78 is 6.53. The van der Waals surface area contributed by atoms with Crippen LogP contribution < -0.4 is 5.32 Å². The lowest BCUT2D eigenvalue weighted by atomic mass is 10.1. The number of nitrogens with zero attached hydrogens (tertiary/aromatic N) is 2. The highest BCUT2D eigenvalue weighted by Gasteiger charge is 2.30. The van der Waals surface area contributed by atoms with Crippen molar-refractivity contribution in [2.45, 2.75) is 19.1 Å². The molecule has 0 saturated carbocycles. The number of ether oxygens (including phenoxy) is 1. The van der Waals surface area contributed by atoms with Crippen molar-refractivity contribution < 1.29 is 19.4 Å². The summed E-state index contributed by atoms with van der Waals surface area (Å²) in [5.74, 6) is -0.704. The summed E-state index contributed by atoms with van der Waals surface area (Å²) >= 11 is 0. The smallest absolute Gasteiger partial charge is 0.331 e. The molecule has 2 heterocycles. The Balaban J connectivity index is 2.27. The zero-order valence-electron chi connectivity index (χ0n) is 10.9. The number of hydrogen-bond acceptors (Lipinski definition) is 5. The number of carbonyl (C=O) groups excluding carboxylic acids is 2. The third-order valence-electron chi connectivity index (χ3n) is 2.79. The molecule has 0 saturated heterocycles. The van der Waals surface area contributed by atoms with Crippen LogP contribution in [-0.4, -0.2) is 39.5 Å². The quantitative estimate of drug-likeness (QED) is 0.574. The molecule has 0 aliphatic heterocycles. The summed E-state index contributed by atoms with van der Waals surface area (Å²) in [6, 6.07) is 4.21. The Morgan fingerprint density at radius 2 is 2.40 bits per heavy atom. The van der Waals surface area contributed by atoms with Crippen molar-refractivity contribution >= 4 is 18.0 Å². The van der Waals surface area contributed by atoms with Gasteiger partial charge in [-0.3, -0.25) is 4.79 Å². The number of pyridine rings is 1. The van der Waals surface area contributed by atoms with Crippen LogP contribution >= 0.6 is 0 Å². The third-order valence-corrected chi connectivity index (χ3v) is 2.79. The summed E-state index contributed by atoms with van der Waals surface area (Å²) in [5.41, 5.74) is 0.916. The van der Waals surface area contributed by atoms with Gasteiger partial charge in [-0.05, 0) is 19.1 Å². The summed E-state index contributed by atoms with van der Waals surface area (Å²) in [4.78, 5) is 26.5. The van der Waals surface area contributed by atoms with Crippen molar-refractivity contribution in [1.29, 1.82) is 0 Å². The van der Waals surface area contributed by atoms with Crippen LogP contribution in [0.4, 0.5) is 0 Å². The SMILES string of the molecule is CCOC(=O)C(NC=O)C(O)c1cn2ccccc2n1. The van der Waals surface area contributed by atoms with Crippen molar-refractivity contribution in [2.75, 3.05) is 6.61 Å². The van der Waals surface area contributed by atoms with Gasteiger partial charge in [-0.25, -0.2) is 9.78 Å². The predicted octanol–water partition coefficient (Wildman–Crippen LogP) is 0.0454. The Bertz CT molecular complexity index is 577. The molecule has 0 aliphatic rings. The fourth-order valence-corrected chi connectivity index (χ4v) is 1.86. The highest BCUT2D eigenvalue weighted by molar-refractivity contribution is 5.79. The number of nitrogens with one attached hydrogen (secondary N) is 1. The molecule has 7 heteroatoms. The highest BCUT2D eigenvalue weighted by Crippen LogP contribution is 2.17. The van der Waals surface area contributed by atoms with E-state index in [1.165, 1.54) is 0 Å². The number of aliphatic hydroxyl groups is 1. The van der Waals surface area contributed by atoms with Gasteiger partial charge in [0, 0.05) is 12.4 Å². The van der Waals surface area contributed by atoms with E-state index in [1.54, 1.807) is 29.8 Å². The van der Waals surface area contributed by atoms with Gasteiger partial charge in [0.2, 0.25) is 6.41 Å². The Kier molecular flexibility index (Phi) is 4.31. The van der Waals surface area contributed by atoms with Crippen LogP contribution in [0.15, 0.2) is 30.6 Å². The van der Waals surface area contributed by atoms with Crippen molar-refractivity contribution in [3.63, 3.8) is 0 Å². The van der Waals surface area contributed by atoms with Crippen molar-refractivity contribution in [3.05, 3.63) is 36.3 Å². The number of esters is 1. The molecule has 2 N–H and O–H groups in total. The minimum atomic E-state index is -1.28. The zero-order valence-corrected chi connectivity index (χ0v) is 10.9. The van der Waals surface area contributed by atoms with Crippen LogP contribution in [0, 0.1) is 0 Å². The minimum absolute atomic E-state index is 0.160. The molecule has 0 aromatic carbocycles. The summed E-state index contributed by atoms with van der Waals surface area (Å²) in [6.07, 6.45) is 2.43. The van der Waals surface area contributed by atoms with Gasteiger partial charge >= 0.3 is 5.97 Å². The molecule has 0 aliphatic carbocycles. The second-order valence-electron chi connectivity index (χ2n) is 4.09. The second-order valence-corrected chi connectivity index (χ2v) is 4.09. The van der Waals surface area contributed by atoms with Crippen LogP contribution in [0.25, 0.3) is 5.65 Å². The van der Waals surface area contributed by atoms with Gasteiger partial charge in [0.1, 0.15) is 11.8 Å². The Labute approximate surface area is 115 Å². The number of aliphatic hydroxyl groups excluding tert-OH is 1. The van der Waals surface area contributed by atoms with E-state index in [1.807, 2.05) is 12.1 Å². The number of carbonyl (C=O) groups is 2. The van der Waals surface area contributed by atoms with Gasteiger partial charge in [-0.2, -0.15) is 0 Å². The van der Waals surface area contributed by atoms with E-state index >= 15 is 0 Å². The molecule has 2 atom stereocenters. The molecule has 0 bridgehead atoms. The first-order valence-electron chi connectivity index (χ1n) is 6.15. The average molecular weight is 277 g/mol. The van der Waals surface area contributed by atoms with E-state index in [2.05, 4.69) is 10.3 Å². The highest BCUT2D eigenvalue weighted by atomic mass is 16.5. The molecular weight excluding hydrogens is 262 g/mol. The lowest BCUT2D eigenvalue weighted by Crippen LogP contribution is -2.42. The lowest BCUT2D eigenvalue weighted by Gasteiger charge is -2.18. The third kappa shape index (κ3) is 2.77. The van der Waals surface area contributed by atoms with E-state index < -0.39 is 18.1 Å². The molecular formula is C13H15N3O4. The largest absolute Gasteiger partial charge is 0.464 e. The zero-order chi connectivity index (χ0) is 14.5. The fraction of sp³-hybridized carbons (Fsp3) is 0.308. The molecule has 2 rings (SSSR count). The van der Waals surface area contributed by atoms with Crippen LogP contribution in [0.2, 0.25) is 0 Å². The number of hydrogen-bond donors (Lipinski definition) is 2. The average Bonchev–Trinajstić information content (AvgIpc) is 2.88. The van der Waals surface area contributed by atoms with Crippen molar-refractivity contribution in [1.82, 2.24) is 14.7 Å². The summed E-state index contributed by atoms with van der Waals surface area (Å²) in [5, 5.41) is 12.5. The van der Waals surface area contributed by atoms with Crippen LogP contribution in [0.3, 0.4) is 0 Å². The maximum Gasteiger partial charge on any atom is 0.331 e. The van der Waals surface area contributed by atoms with E-state index in [-0.39, 0.29) is 12.3 Å². The molecule has 0 fully saturated rings. The van der Waals surface area contributed by atoms with Crippen LogP contribution in [0.5, 0.6) is 0 Å². The van der Waals surface area contributed by atoms with Gasteiger partial charge in [-0.1, -0.05) is 6.07 Å². The Morgan fingerprint density at radius 1 is 1.60 bits per heavy atom. The first kappa shape index (κ1) is 14.0. The number of rotatable bonds is 6. The minimum Gasteiger partial charge on any atom is -0.464 e. The molecule has 2 aromatic heterocycles. The number of amides is 1. The first-order valence-corrected chi connectivity index (χ1v) is 6.15. The van der Waals surface area contributed by atoms with E-state index in [0.717, 1.165) is 0 Å². The number of fused-ring (bicyclic) bond motifs is 1. The first-order chi connectivity index (χ1) is 9.67. The monoisotopic (exact) mass is 277 g/mol. The molecule has 1 amide bonds. The van der Waals surface area contributed by atoms with E-state index in [0.29, 0.717) is 12.1 Å². The molecule has 106 valence electrons. The number of imidazole rings is 1. The van der Waals surface area contributed by atoms with Gasteiger partial charge in [0.05, 0.1) is 12.3 Å². The van der Waals surface area contributed by atoms with Gasteiger partial charge in [0.15, 0.2) is 6.04 Å². The molecule has 0 spiro atoms. The Morgan fingerprint density at radius 3 is 3.05 bits per heavy atom. The van der Waals surface area contributed by atoms with E-state index in [9.17, 15) is 14.7 Å². The number of aromatic nitrogens is 2.